The first-order chi connectivity index (χ1) is 9.95. The number of hydrogen-bond acceptors (Lipinski definition) is 2. The molecule has 0 radical (unpaired) electrons. The predicted octanol–water partition coefficient (Wildman–Crippen LogP) is 3.80. The highest BCUT2D eigenvalue weighted by Crippen LogP contribution is 2.18. The van der Waals surface area contributed by atoms with Crippen molar-refractivity contribution in [2.24, 2.45) is 5.73 Å². The fourth-order valence-corrected chi connectivity index (χ4v) is 1.91. The molecule has 0 spiro atoms. The Morgan fingerprint density at radius 1 is 1.19 bits per heavy atom. The molecule has 0 fully saturated rings. The van der Waals surface area contributed by atoms with Crippen LogP contribution in [0.5, 0.6) is 0 Å². The van der Waals surface area contributed by atoms with Gasteiger partial charge in [-0.1, -0.05) is 18.2 Å². The van der Waals surface area contributed by atoms with Crippen LogP contribution in [0.1, 0.15) is 24.1 Å². The first kappa shape index (κ1) is 15.0. The number of halogens is 1. The first-order valence-corrected chi connectivity index (χ1v) is 6.65. The van der Waals surface area contributed by atoms with Crippen molar-refractivity contribution in [1.29, 1.82) is 0 Å². The predicted molar refractivity (Wildman–Crippen MR) is 82.8 cm³/mol. The van der Waals surface area contributed by atoms with Gasteiger partial charge in [0.15, 0.2) is 0 Å². The van der Waals surface area contributed by atoms with E-state index in [9.17, 15) is 9.18 Å². The van der Waals surface area contributed by atoms with Crippen LogP contribution in [0.3, 0.4) is 0 Å². The zero-order valence-electron chi connectivity index (χ0n) is 12.0. The largest absolute Gasteiger partial charge is 0.324 e. The van der Waals surface area contributed by atoms with Crippen molar-refractivity contribution >= 4 is 17.4 Å². The molecule has 1 unspecified atom stereocenters. The van der Waals surface area contributed by atoms with Crippen LogP contribution in [0.25, 0.3) is 0 Å². The van der Waals surface area contributed by atoms with E-state index in [2.05, 4.69) is 10.6 Å². The average molecular weight is 287 g/mol. The summed E-state index contributed by atoms with van der Waals surface area (Å²) in [6, 6.07) is 11.0. The molecule has 0 aromatic heterocycles. The minimum Gasteiger partial charge on any atom is -0.324 e. The fourth-order valence-electron chi connectivity index (χ4n) is 1.91. The smallest absolute Gasteiger partial charge is 0.323 e. The van der Waals surface area contributed by atoms with Crippen molar-refractivity contribution < 1.29 is 9.18 Å². The number of amides is 2. The molecule has 1 atom stereocenters. The van der Waals surface area contributed by atoms with Crippen LogP contribution in [-0.2, 0) is 0 Å². The second-order valence-electron chi connectivity index (χ2n) is 4.95. The maximum absolute atomic E-state index is 13.2. The van der Waals surface area contributed by atoms with Crippen molar-refractivity contribution in [3.63, 3.8) is 0 Å². The van der Waals surface area contributed by atoms with E-state index in [-0.39, 0.29) is 6.04 Å². The summed E-state index contributed by atoms with van der Waals surface area (Å²) in [5.41, 5.74) is 8.59. The van der Waals surface area contributed by atoms with Crippen LogP contribution in [0, 0.1) is 12.7 Å². The molecule has 4 nitrogen and oxygen atoms in total. The van der Waals surface area contributed by atoms with Gasteiger partial charge in [0, 0.05) is 17.4 Å². The molecular formula is C16H18FN3O. The topological polar surface area (TPSA) is 67.2 Å². The number of aryl methyl sites for hydroxylation is 1. The molecule has 21 heavy (non-hydrogen) atoms. The summed E-state index contributed by atoms with van der Waals surface area (Å²) in [4.78, 5) is 12.0. The number of benzene rings is 2. The van der Waals surface area contributed by atoms with E-state index in [1.165, 1.54) is 12.1 Å². The maximum atomic E-state index is 13.2. The molecule has 0 bridgehead atoms. The zero-order valence-corrected chi connectivity index (χ0v) is 12.0. The molecule has 0 saturated carbocycles. The first-order valence-electron chi connectivity index (χ1n) is 6.65. The van der Waals surface area contributed by atoms with Crippen molar-refractivity contribution in [3.8, 4) is 0 Å². The molecular weight excluding hydrogens is 269 g/mol. The van der Waals surface area contributed by atoms with Crippen molar-refractivity contribution in [2.45, 2.75) is 19.9 Å². The quantitative estimate of drug-likeness (QED) is 0.803. The van der Waals surface area contributed by atoms with E-state index < -0.39 is 11.8 Å². The Morgan fingerprint density at radius 3 is 2.67 bits per heavy atom. The standard InChI is InChI=1S/C16H18FN3O/c1-10-6-7-13(17)9-15(10)20-16(21)19-14-5-3-4-12(8-14)11(2)18/h3-9,11H,18H2,1-2H3,(H2,19,20,21). The van der Waals surface area contributed by atoms with Crippen LogP contribution >= 0.6 is 0 Å². The van der Waals surface area contributed by atoms with E-state index in [4.69, 9.17) is 5.73 Å². The van der Waals surface area contributed by atoms with Crippen molar-refractivity contribution in [2.75, 3.05) is 10.6 Å². The normalized spacial score (nSPS) is 11.8. The van der Waals surface area contributed by atoms with E-state index in [0.717, 1.165) is 11.1 Å². The van der Waals surface area contributed by atoms with Gasteiger partial charge in [-0.05, 0) is 49.2 Å². The Kier molecular flexibility index (Phi) is 4.55. The summed E-state index contributed by atoms with van der Waals surface area (Å²) < 4.78 is 13.2. The summed E-state index contributed by atoms with van der Waals surface area (Å²) >= 11 is 0. The van der Waals surface area contributed by atoms with Gasteiger partial charge in [0.25, 0.3) is 0 Å². The van der Waals surface area contributed by atoms with Gasteiger partial charge in [-0.2, -0.15) is 0 Å². The van der Waals surface area contributed by atoms with E-state index in [1.54, 1.807) is 19.1 Å². The molecule has 110 valence electrons. The lowest BCUT2D eigenvalue weighted by atomic mass is 10.1. The van der Waals surface area contributed by atoms with Crippen molar-refractivity contribution in [3.05, 3.63) is 59.4 Å². The Balaban J connectivity index is 2.08. The van der Waals surface area contributed by atoms with E-state index >= 15 is 0 Å². The molecule has 4 N–H and O–H groups in total. The summed E-state index contributed by atoms with van der Waals surface area (Å²) in [7, 11) is 0. The molecule has 2 rings (SSSR count). The fraction of sp³-hybridized carbons (Fsp3) is 0.188. The van der Waals surface area contributed by atoms with Gasteiger partial charge in [0.05, 0.1) is 0 Å². The lowest BCUT2D eigenvalue weighted by Crippen LogP contribution is -2.20. The summed E-state index contributed by atoms with van der Waals surface area (Å²) in [5.74, 6) is -0.394. The minimum absolute atomic E-state index is 0.111. The van der Waals surface area contributed by atoms with Crippen LogP contribution in [-0.4, -0.2) is 6.03 Å². The second kappa shape index (κ2) is 6.37. The third-order valence-electron chi connectivity index (χ3n) is 3.12. The number of rotatable bonds is 3. The molecule has 2 aromatic rings. The number of hydrogen-bond donors (Lipinski definition) is 3. The summed E-state index contributed by atoms with van der Waals surface area (Å²) in [6.45, 7) is 3.67. The second-order valence-corrected chi connectivity index (χ2v) is 4.95. The van der Waals surface area contributed by atoms with E-state index in [1.807, 2.05) is 25.1 Å². The van der Waals surface area contributed by atoms with Crippen LogP contribution in [0.2, 0.25) is 0 Å². The van der Waals surface area contributed by atoms with Gasteiger partial charge in [0.2, 0.25) is 0 Å². The van der Waals surface area contributed by atoms with Crippen LogP contribution < -0.4 is 16.4 Å². The third kappa shape index (κ3) is 4.03. The lowest BCUT2D eigenvalue weighted by Gasteiger charge is -2.12. The van der Waals surface area contributed by atoms with Gasteiger partial charge < -0.3 is 16.4 Å². The molecule has 0 heterocycles. The monoisotopic (exact) mass is 287 g/mol. The molecule has 2 aromatic carbocycles. The molecule has 0 aliphatic heterocycles. The van der Waals surface area contributed by atoms with Crippen molar-refractivity contribution in [1.82, 2.24) is 0 Å². The molecule has 0 aliphatic rings. The van der Waals surface area contributed by atoms with E-state index in [0.29, 0.717) is 11.4 Å². The van der Waals surface area contributed by atoms with Gasteiger partial charge in [0.1, 0.15) is 5.82 Å². The highest BCUT2D eigenvalue weighted by molar-refractivity contribution is 6.00. The highest BCUT2D eigenvalue weighted by Gasteiger charge is 2.07. The third-order valence-corrected chi connectivity index (χ3v) is 3.12. The number of urea groups is 1. The Bertz CT molecular complexity index is 656. The summed E-state index contributed by atoms with van der Waals surface area (Å²) in [5, 5.41) is 5.33. The van der Waals surface area contributed by atoms with Gasteiger partial charge in [-0.3, -0.25) is 0 Å². The lowest BCUT2D eigenvalue weighted by molar-refractivity contribution is 0.262. The molecule has 0 saturated heterocycles. The van der Waals surface area contributed by atoms with Gasteiger partial charge >= 0.3 is 6.03 Å². The zero-order chi connectivity index (χ0) is 15.4. The Morgan fingerprint density at radius 2 is 1.95 bits per heavy atom. The number of carbonyl (C=O) groups is 1. The summed E-state index contributed by atoms with van der Waals surface area (Å²) in [6.07, 6.45) is 0. The SMILES string of the molecule is Cc1ccc(F)cc1NC(=O)Nc1cccc(C(C)N)c1. The number of anilines is 2. The number of carbonyl (C=O) groups excluding carboxylic acids is 1. The molecule has 2 amide bonds. The Labute approximate surface area is 123 Å². The van der Waals surface area contributed by atoms with Gasteiger partial charge in [-0.15, -0.1) is 0 Å². The highest BCUT2D eigenvalue weighted by atomic mass is 19.1. The maximum Gasteiger partial charge on any atom is 0.323 e. The molecule has 5 heteroatoms. The number of nitrogens with one attached hydrogen (secondary N) is 2. The average Bonchev–Trinajstić information content (AvgIpc) is 2.43. The van der Waals surface area contributed by atoms with Crippen LogP contribution in [0.4, 0.5) is 20.6 Å². The van der Waals surface area contributed by atoms with Gasteiger partial charge in [-0.25, -0.2) is 9.18 Å². The number of nitrogens with two attached hydrogens (primary N) is 1. The van der Waals surface area contributed by atoms with Crippen LogP contribution in [0.15, 0.2) is 42.5 Å². The molecule has 0 aliphatic carbocycles. The Hall–Kier alpha value is -2.40. The minimum atomic E-state index is -0.425.